The van der Waals surface area contributed by atoms with Crippen molar-refractivity contribution in [1.29, 1.82) is 0 Å². The van der Waals surface area contributed by atoms with Crippen molar-refractivity contribution in [2.45, 2.75) is 6.10 Å². The lowest BCUT2D eigenvalue weighted by Gasteiger charge is -2.11. The highest BCUT2D eigenvalue weighted by Crippen LogP contribution is 2.25. The molecule has 2 amide bonds. The van der Waals surface area contributed by atoms with Crippen molar-refractivity contribution in [3.8, 4) is 0 Å². The number of aliphatic hydroxyl groups excluding tert-OH is 1. The number of fused-ring (bicyclic) bond motifs is 1. The molecule has 0 saturated carbocycles. The van der Waals surface area contributed by atoms with E-state index >= 15 is 0 Å². The number of hydrogen-bond donors (Lipinski definition) is 3. The Labute approximate surface area is 149 Å². The van der Waals surface area contributed by atoms with E-state index in [2.05, 4.69) is 10.6 Å². The molecule has 1 aromatic heterocycles. The Morgan fingerprint density at radius 3 is 2.54 bits per heavy atom. The Hall–Kier alpha value is -3.19. The maximum Gasteiger partial charge on any atom is 0.313 e. The van der Waals surface area contributed by atoms with Crippen LogP contribution in [0.1, 0.15) is 11.7 Å². The van der Waals surface area contributed by atoms with Crippen molar-refractivity contribution in [2.24, 2.45) is 7.05 Å². The summed E-state index contributed by atoms with van der Waals surface area (Å²) in [6, 6.07) is 12.6. The van der Waals surface area contributed by atoms with Gasteiger partial charge in [-0.15, -0.1) is 0 Å². The van der Waals surface area contributed by atoms with Gasteiger partial charge in [0.25, 0.3) is 0 Å². The molecule has 0 aliphatic rings. The number of rotatable bonds is 4. The first kappa shape index (κ1) is 17.6. The van der Waals surface area contributed by atoms with E-state index < -0.39 is 23.7 Å². The smallest absolute Gasteiger partial charge is 0.313 e. The van der Waals surface area contributed by atoms with Crippen LogP contribution in [0.3, 0.4) is 0 Å². The van der Waals surface area contributed by atoms with Crippen LogP contribution in [-0.4, -0.2) is 28.0 Å². The Morgan fingerprint density at radius 1 is 1.12 bits per heavy atom. The molecule has 134 valence electrons. The van der Waals surface area contributed by atoms with Crippen LogP contribution < -0.4 is 10.6 Å². The SMILES string of the molecule is Cn1cc(C(O)CNC(=O)C(=O)Nc2ccc(F)cc2)c2ccccc21. The first-order valence-electron chi connectivity index (χ1n) is 8.02. The number of nitrogens with zero attached hydrogens (tertiary/aromatic N) is 1. The molecule has 2 aromatic carbocycles. The van der Waals surface area contributed by atoms with Crippen LogP contribution in [0.2, 0.25) is 0 Å². The van der Waals surface area contributed by atoms with Crippen molar-refractivity contribution in [1.82, 2.24) is 9.88 Å². The number of amides is 2. The molecule has 1 heterocycles. The fourth-order valence-corrected chi connectivity index (χ4v) is 2.74. The van der Waals surface area contributed by atoms with E-state index in [1.54, 1.807) is 6.20 Å². The number of para-hydroxylation sites is 1. The molecule has 26 heavy (non-hydrogen) atoms. The third-order valence-electron chi connectivity index (χ3n) is 4.05. The van der Waals surface area contributed by atoms with Crippen LogP contribution in [0, 0.1) is 5.82 Å². The summed E-state index contributed by atoms with van der Waals surface area (Å²) in [6.07, 6.45) is 0.837. The van der Waals surface area contributed by atoms with Gasteiger partial charge in [-0.25, -0.2) is 4.39 Å². The molecular formula is C19H18FN3O3. The summed E-state index contributed by atoms with van der Waals surface area (Å²) in [5.74, 6) is -2.21. The lowest BCUT2D eigenvalue weighted by atomic mass is 10.1. The average molecular weight is 355 g/mol. The minimum Gasteiger partial charge on any atom is -0.386 e. The average Bonchev–Trinajstić information content (AvgIpc) is 2.98. The van der Waals surface area contributed by atoms with Crippen molar-refractivity contribution in [3.63, 3.8) is 0 Å². The van der Waals surface area contributed by atoms with Gasteiger partial charge in [-0.1, -0.05) is 18.2 Å². The fourth-order valence-electron chi connectivity index (χ4n) is 2.74. The molecule has 0 saturated heterocycles. The third kappa shape index (κ3) is 3.73. The zero-order chi connectivity index (χ0) is 18.7. The highest BCUT2D eigenvalue weighted by atomic mass is 19.1. The minimum atomic E-state index is -0.955. The molecule has 0 spiro atoms. The third-order valence-corrected chi connectivity index (χ3v) is 4.05. The zero-order valence-corrected chi connectivity index (χ0v) is 14.1. The van der Waals surface area contributed by atoms with Crippen LogP contribution in [0.25, 0.3) is 10.9 Å². The van der Waals surface area contributed by atoms with Gasteiger partial charge in [-0.2, -0.15) is 0 Å². The molecule has 0 bridgehead atoms. The second-order valence-electron chi connectivity index (χ2n) is 5.90. The number of hydrogen-bond acceptors (Lipinski definition) is 3. The first-order chi connectivity index (χ1) is 12.5. The van der Waals surface area contributed by atoms with E-state index in [9.17, 15) is 19.1 Å². The van der Waals surface area contributed by atoms with E-state index in [0.29, 0.717) is 11.3 Å². The molecule has 7 heteroatoms. The Kier molecular flexibility index (Phi) is 4.99. The summed E-state index contributed by atoms with van der Waals surface area (Å²) in [7, 11) is 1.87. The number of halogens is 1. The first-order valence-corrected chi connectivity index (χ1v) is 8.02. The second kappa shape index (κ2) is 7.37. The molecule has 0 aliphatic carbocycles. The number of carbonyl (C=O) groups excluding carboxylic acids is 2. The number of nitrogens with one attached hydrogen (secondary N) is 2. The highest BCUT2D eigenvalue weighted by molar-refractivity contribution is 6.39. The van der Waals surface area contributed by atoms with Crippen molar-refractivity contribution < 1.29 is 19.1 Å². The predicted octanol–water partition coefficient (Wildman–Crippen LogP) is 2.11. The number of carbonyl (C=O) groups is 2. The summed E-state index contributed by atoms with van der Waals surface area (Å²) in [5.41, 5.74) is 1.94. The van der Waals surface area contributed by atoms with Crippen molar-refractivity contribution in [2.75, 3.05) is 11.9 Å². The number of benzene rings is 2. The number of aromatic nitrogens is 1. The maximum atomic E-state index is 12.8. The summed E-state index contributed by atoms with van der Waals surface area (Å²) in [4.78, 5) is 23.8. The standard InChI is InChI=1S/C19H18FN3O3/c1-23-11-15(14-4-2-3-5-16(14)23)17(24)10-21-18(25)19(26)22-13-8-6-12(20)7-9-13/h2-9,11,17,24H,10H2,1H3,(H,21,25)(H,22,26). The van der Waals surface area contributed by atoms with Crippen LogP contribution in [0.4, 0.5) is 10.1 Å². The number of aliphatic hydroxyl groups is 1. The van der Waals surface area contributed by atoms with Gasteiger partial charge in [0.15, 0.2) is 0 Å². The topological polar surface area (TPSA) is 83.4 Å². The highest BCUT2D eigenvalue weighted by Gasteiger charge is 2.18. The van der Waals surface area contributed by atoms with Gasteiger partial charge in [0.05, 0.1) is 6.10 Å². The van der Waals surface area contributed by atoms with Crippen LogP contribution in [0.5, 0.6) is 0 Å². The maximum absolute atomic E-state index is 12.8. The molecule has 0 aliphatic heterocycles. The Bertz CT molecular complexity index is 950. The largest absolute Gasteiger partial charge is 0.386 e. The van der Waals surface area contributed by atoms with E-state index in [-0.39, 0.29) is 6.54 Å². The van der Waals surface area contributed by atoms with Gasteiger partial charge >= 0.3 is 11.8 Å². The Balaban J connectivity index is 1.61. The predicted molar refractivity (Wildman–Crippen MR) is 95.9 cm³/mol. The molecule has 6 nitrogen and oxygen atoms in total. The van der Waals surface area contributed by atoms with Gasteiger partial charge in [-0.3, -0.25) is 9.59 Å². The summed E-state index contributed by atoms with van der Waals surface area (Å²) < 4.78 is 14.7. The Morgan fingerprint density at radius 2 is 1.81 bits per heavy atom. The van der Waals surface area contributed by atoms with Crippen molar-refractivity contribution in [3.05, 3.63) is 66.1 Å². The van der Waals surface area contributed by atoms with Gasteiger partial charge < -0.3 is 20.3 Å². The summed E-state index contributed by atoms with van der Waals surface area (Å²) >= 11 is 0. The van der Waals surface area contributed by atoms with Gasteiger partial charge in [-0.05, 0) is 30.3 Å². The van der Waals surface area contributed by atoms with Gasteiger partial charge in [0, 0.05) is 41.9 Å². The number of anilines is 1. The second-order valence-corrected chi connectivity index (χ2v) is 5.90. The zero-order valence-electron chi connectivity index (χ0n) is 14.1. The van der Waals surface area contributed by atoms with Crippen molar-refractivity contribution >= 4 is 28.4 Å². The summed E-state index contributed by atoms with van der Waals surface area (Å²) in [6.45, 7) is -0.107. The molecule has 3 N–H and O–H groups in total. The summed E-state index contributed by atoms with van der Waals surface area (Å²) in [5, 5.41) is 16.0. The van der Waals surface area contributed by atoms with Crippen LogP contribution in [-0.2, 0) is 16.6 Å². The quantitative estimate of drug-likeness (QED) is 0.627. The molecule has 0 radical (unpaired) electrons. The van der Waals surface area contributed by atoms with E-state index in [1.165, 1.54) is 24.3 Å². The molecule has 1 atom stereocenters. The molecule has 0 fully saturated rings. The van der Waals surface area contributed by atoms with Gasteiger partial charge in [0.2, 0.25) is 0 Å². The lowest BCUT2D eigenvalue weighted by molar-refractivity contribution is -0.136. The van der Waals surface area contributed by atoms with E-state index in [0.717, 1.165) is 10.9 Å². The molecule has 1 unspecified atom stereocenters. The molecule has 3 rings (SSSR count). The lowest BCUT2D eigenvalue weighted by Crippen LogP contribution is -2.37. The normalized spacial score (nSPS) is 12.0. The van der Waals surface area contributed by atoms with Crippen LogP contribution >= 0.6 is 0 Å². The monoisotopic (exact) mass is 355 g/mol. The van der Waals surface area contributed by atoms with E-state index in [1.807, 2.05) is 35.9 Å². The molecular weight excluding hydrogens is 337 g/mol. The minimum absolute atomic E-state index is 0.107. The van der Waals surface area contributed by atoms with Crippen LogP contribution in [0.15, 0.2) is 54.7 Å². The van der Waals surface area contributed by atoms with E-state index in [4.69, 9.17) is 0 Å². The number of aryl methyl sites for hydroxylation is 1. The van der Waals surface area contributed by atoms with Gasteiger partial charge in [0.1, 0.15) is 5.82 Å². The molecule has 3 aromatic rings. The fraction of sp³-hybridized carbons (Fsp3) is 0.158.